The molecule has 0 unspecified atom stereocenters. The lowest BCUT2D eigenvalue weighted by atomic mass is 10.0. The molecule has 1 aromatic heterocycles. The van der Waals surface area contributed by atoms with E-state index in [4.69, 9.17) is 0 Å². The van der Waals surface area contributed by atoms with Crippen molar-refractivity contribution in [2.45, 2.75) is 122 Å². The van der Waals surface area contributed by atoms with Crippen molar-refractivity contribution in [3.05, 3.63) is 65.9 Å². The Balaban J connectivity index is 1.44. The number of carboxylic acid groups (broad SMARTS) is 1. The molecule has 10 amide bonds. The van der Waals surface area contributed by atoms with Gasteiger partial charge in [0.15, 0.2) is 0 Å². The van der Waals surface area contributed by atoms with Crippen LogP contribution >= 0.6 is 21.6 Å². The predicted molar refractivity (Wildman–Crippen MR) is 304 cm³/mol. The summed E-state index contributed by atoms with van der Waals surface area (Å²) in [7, 11) is 2.44. The number of hydrogen-bond acceptors (Lipinski definition) is 15. The smallest absolute Gasteiger partial charge is 0.303 e. The quantitative estimate of drug-likeness (QED) is 0.0568. The van der Waals surface area contributed by atoms with Crippen LogP contribution in [0.3, 0.4) is 0 Å². The van der Waals surface area contributed by atoms with Crippen molar-refractivity contribution in [1.29, 1.82) is 0 Å². The summed E-state index contributed by atoms with van der Waals surface area (Å²) in [6.45, 7) is 8.23. The topological polar surface area (TPSA) is 359 Å². The number of hydrogen-bond donors (Lipinski definition) is 12. The minimum Gasteiger partial charge on any atom is -0.508 e. The zero-order chi connectivity index (χ0) is 59.2. The van der Waals surface area contributed by atoms with Crippen molar-refractivity contribution < 1.29 is 63.0 Å². The molecule has 3 aromatic rings. The Bertz CT molecular complexity index is 2690. The molecule has 25 nitrogen and oxygen atoms in total. The number of carboxylic acids is 1. The first-order valence-corrected chi connectivity index (χ1v) is 29.4. The maximum Gasteiger partial charge on any atom is 0.303 e. The third-order valence-corrected chi connectivity index (χ3v) is 15.9. The summed E-state index contributed by atoms with van der Waals surface area (Å²) in [6.07, 6.45) is 1.26. The predicted octanol–water partition coefficient (Wildman–Crippen LogP) is -0.425. The first kappa shape index (κ1) is 64.4. The molecular formula is C54H76N12O13S2. The highest BCUT2D eigenvalue weighted by atomic mass is 33.1. The van der Waals surface area contributed by atoms with Crippen LogP contribution in [0.2, 0.25) is 0 Å². The van der Waals surface area contributed by atoms with Gasteiger partial charge < -0.3 is 67.9 Å². The third-order valence-electron chi connectivity index (χ3n) is 13.3. The van der Waals surface area contributed by atoms with Gasteiger partial charge in [-0.25, -0.2) is 0 Å². The van der Waals surface area contributed by atoms with E-state index in [2.05, 4.69) is 52.8 Å². The summed E-state index contributed by atoms with van der Waals surface area (Å²) in [5.41, 5.74) is 1.91. The Kier molecular flexibility index (Phi) is 25.6. The number of nitrogens with zero attached hydrogens (tertiary/aromatic N) is 2. The number of benzene rings is 2. The van der Waals surface area contributed by atoms with Crippen LogP contribution in [0.4, 0.5) is 0 Å². The van der Waals surface area contributed by atoms with Crippen LogP contribution in [0.5, 0.6) is 5.75 Å². The molecule has 7 atom stereocenters. The van der Waals surface area contributed by atoms with Gasteiger partial charge in [0, 0.05) is 100 Å². The third kappa shape index (κ3) is 21.6. The molecule has 2 saturated heterocycles. The number of aromatic hydroxyl groups is 1. The number of amides is 10. The Morgan fingerprint density at radius 2 is 1.48 bits per heavy atom. The number of rotatable bonds is 22. The van der Waals surface area contributed by atoms with E-state index in [1.54, 1.807) is 36.2 Å². The minimum atomic E-state index is -1.58. The second kappa shape index (κ2) is 32.2. The lowest BCUT2D eigenvalue weighted by molar-refractivity contribution is -0.142. The molecule has 0 bridgehead atoms. The highest BCUT2D eigenvalue weighted by Gasteiger charge is 2.40. The highest BCUT2D eigenvalue weighted by Crippen LogP contribution is 2.26. The molecule has 0 spiro atoms. The van der Waals surface area contributed by atoms with Crippen LogP contribution < -0.4 is 47.9 Å². The van der Waals surface area contributed by atoms with E-state index in [1.165, 1.54) is 52.5 Å². The number of fused-ring (bicyclic) bond motifs is 2. The molecule has 27 heteroatoms. The number of aromatic nitrogens is 1. The van der Waals surface area contributed by atoms with Gasteiger partial charge in [-0.15, -0.1) is 0 Å². The van der Waals surface area contributed by atoms with E-state index in [9.17, 15) is 63.0 Å². The number of carbonyl (C=O) groups excluding carboxylic acids is 10. The molecule has 2 aromatic carbocycles. The molecule has 3 heterocycles. The van der Waals surface area contributed by atoms with E-state index in [0.717, 1.165) is 10.9 Å². The summed E-state index contributed by atoms with van der Waals surface area (Å²) >= 11 is 0. The second-order valence-electron chi connectivity index (χ2n) is 20.5. The number of nitrogens with one attached hydrogen (secondary N) is 10. The van der Waals surface area contributed by atoms with Crippen molar-refractivity contribution in [3.8, 4) is 5.75 Å². The molecular weight excluding hydrogens is 1090 g/mol. The normalized spacial score (nSPS) is 20.4. The van der Waals surface area contributed by atoms with Gasteiger partial charge in [-0.05, 0) is 67.9 Å². The number of para-hydroxylation sites is 1. The number of H-pyrrole nitrogens is 1. The number of phenolic OH excluding ortho intramolecular Hbond substituents is 1. The summed E-state index contributed by atoms with van der Waals surface area (Å²) in [5.74, 6) is -7.40. The average molecular weight is 1170 g/mol. The molecule has 2 aliphatic heterocycles. The molecule has 2 fully saturated rings. The molecule has 2 aliphatic rings. The fraction of sp³-hybridized carbons (Fsp3) is 0.537. The van der Waals surface area contributed by atoms with Gasteiger partial charge in [-0.1, -0.05) is 65.8 Å². The standard InChI is InChI=1S/C54H76N12O13S2/c1-31(2)23-41-51(76)59-32(3)29-80-81-30-44(54(79)66-20-8-11-45(66)53(78)63-42(49(74)58-27-46(70)60-41)24-35-12-14-37(69)15-13-35)64-50(75)40(16-17-48(72)73)62-52(77)43(25-36-26-57-39-10-7-6-9-38(36)39)61-47(71)28-65(21-18-55-33(4)67)22-19-56-34(5)68/h6-7,9-10,12-15,26,31-32,40-45,57,69H,8,11,16-25,27-30H2,1-5H3,(H,55,67)(H,56,68)(H,58,74)(H,59,76)(H,60,70)(H,61,71)(H,62,77)(H,63,78)(H,64,75)(H,72,73)/t32-,40+,41+,42+,43+,44+,45+/m1/s1. The van der Waals surface area contributed by atoms with Crippen molar-refractivity contribution in [1.82, 2.24) is 62.6 Å². The van der Waals surface area contributed by atoms with Crippen LogP contribution in [-0.4, -0.2) is 190 Å². The zero-order valence-electron chi connectivity index (χ0n) is 46.2. The van der Waals surface area contributed by atoms with Gasteiger partial charge >= 0.3 is 5.97 Å². The van der Waals surface area contributed by atoms with Gasteiger partial charge in [0.1, 0.15) is 42.0 Å². The van der Waals surface area contributed by atoms with E-state index >= 15 is 0 Å². The lowest BCUT2D eigenvalue weighted by Gasteiger charge is -2.31. The maximum atomic E-state index is 14.9. The van der Waals surface area contributed by atoms with Crippen molar-refractivity contribution in [2.75, 3.05) is 57.3 Å². The SMILES string of the molecule is CC(=O)NCCN(CCNC(C)=O)CC(=O)N[C@@H](Cc1c[nH]c2ccccc12)C(=O)N[C@@H](CCC(=O)O)C(=O)N[C@H]1CSSC[C@@H](C)NC(=O)[C@H](CC(C)C)NC(=O)CNC(=O)[C@H](Cc2ccc(O)cc2)NC(=O)[C@@H]2CCCN2C1=O. The van der Waals surface area contributed by atoms with Crippen LogP contribution in [0.25, 0.3) is 10.9 Å². The fourth-order valence-corrected chi connectivity index (χ4v) is 11.7. The minimum absolute atomic E-state index is 0.0142. The fourth-order valence-electron chi connectivity index (χ4n) is 9.22. The Morgan fingerprint density at radius 3 is 2.15 bits per heavy atom. The van der Waals surface area contributed by atoms with E-state index in [1.807, 2.05) is 32.0 Å². The lowest BCUT2D eigenvalue weighted by Crippen LogP contribution is -2.60. The average Bonchev–Trinajstić information content (AvgIpc) is 4.10. The first-order chi connectivity index (χ1) is 38.6. The summed E-state index contributed by atoms with van der Waals surface area (Å²) < 4.78 is 0. The van der Waals surface area contributed by atoms with Crippen LogP contribution in [0.15, 0.2) is 54.7 Å². The van der Waals surface area contributed by atoms with Crippen LogP contribution in [-0.2, 0) is 65.6 Å². The molecule has 5 rings (SSSR count). The first-order valence-electron chi connectivity index (χ1n) is 26.9. The van der Waals surface area contributed by atoms with Gasteiger partial charge in [0.25, 0.3) is 0 Å². The molecule has 12 N–H and O–H groups in total. The Hall–Kier alpha value is -7.39. The second-order valence-corrected chi connectivity index (χ2v) is 23.1. The Morgan fingerprint density at radius 1 is 0.802 bits per heavy atom. The van der Waals surface area contributed by atoms with Crippen LogP contribution in [0.1, 0.15) is 77.8 Å². The van der Waals surface area contributed by atoms with Gasteiger partial charge in [-0.3, -0.25) is 57.6 Å². The molecule has 0 aliphatic carbocycles. The van der Waals surface area contributed by atoms with E-state index in [-0.39, 0.29) is 94.2 Å². The summed E-state index contributed by atoms with van der Waals surface area (Å²) in [6, 6.07) is 5.03. The van der Waals surface area contributed by atoms with Crippen molar-refractivity contribution in [3.63, 3.8) is 0 Å². The number of aliphatic carboxylic acids is 1. The van der Waals surface area contributed by atoms with Crippen LogP contribution in [0, 0.1) is 5.92 Å². The summed E-state index contributed by atoms with van der Waals surface area (Å²) in [4.78, 5) is 155. The monoisotopic (exact) mass is 1160 g/mol. The molecule has 0 saturated carbocycles. The van der Waals surface area contributed by atoms with Gasteiger partial charge in [0.05, 0.1) is 13.1 Å². The van der Waals surface area contributed by atoms with E-state index in [0.29, 0.717) is 23.3 Å². The van der Waals surface area contributed by atoms with Crippen molar-refractivity contribution in [2.24, 2.45) is 5.92 Å². The number of phenols is 1. The highest BCUT2D eigenvalue weighted by molar-refractivity contribution is 8.76. The van der Waals surface area contributed by atoms with Gasteiger partial charge in [0.2, 0.25) is 59.1 Å². The summed E-state index contributed by atoms with van der Waals surface area (Å²) in [5, 5.41) is 45.0. The van der Waals surface area contributed by atoms with Crippen molar-refractivity contribution >= 4 is 97.5 Å². The number of aromatic amines is 1. The largest absolute Gasteiger partial charge is 0.508 e. The molecule has 0 radical (unpaired) electrons. The molecule has 442 valence electrons. The Labute approximate surface area is 477 Å². The number of carbonyl (C=O) groups is 11. The molecule has 81 heavy (non-hydrogen) atoms. The zero-order valence-corrected chi connectivity index (χ0v) is 47.9. The van der Waals surface area contributed by atoms with E-state index < -0.39 is 115 Å². The maximum absolute atomic E-state index is 14.9. The van der Waals surface area contributed by atoms with Gasteiger partial charge in [-0.2, -0.15) is 0 Å².